The average molecular weight is 473 g/mol. The van der Waals surface area contributed by atoms with Gasteiger partial charge in [0.25, 0.3) is 0 Å². The van der Waals surface area contributed by atoms with E-state index in [2.05, 4.69) is 54.5 Å². The Morgan fingerprint density at radius 1 is 0.765 bits per heavy atom. The minimum Gasteiger partial charge on any atom is -0.481 e. The fourth-order valence-corrected chi connectivity index (χ4v) is 10.7. The molecule has 4 heteroatoms. The third-order valence-corrected chi connectivity index (χ3v) is 13.2. The summed E-state index contributed by atoms with van der Waals surface area (Å²) in [4.78, 5) is 12.7. The smallest absolute Gasteiger partial charge is 0.313 e. The van der Waals surface area contributed by atoms with E-state index in [9.17, 15) is 20.1 Å². The minimum absolute atomic E-state index is 0.0624. The fourth-order valence-electron chi connectivity index (χ4n) is 10.7. The van der Waals surface area contributed by atoms with Crippen molar-refractivity contribution in [2.75, 3.05) is 0 Å². The predicted molar refractivity (Wildman–Crippen MR) is 134 cm³/mol. The number of fused-ring (bicyclic) bond motifs is 7. The van der Waals surface area contributed by atoms with Gasteiger partial charge in [0.05, 0.1) is 5.41 Å². The summed E-state index contributed by atoms with van der Waals surface area (Å²) < 4.78 is 0. The van der Waals surface area contributed by atoms with Crippen molar-refractivity contribution in [2.24, 2.45) is 50.2 Å². The first-order valence-electron chi connectivity index (χ1n) is 13.9. The van der Waals surface area contributed by atoms with Crippen LogP contribution in [0.5, 0.6) is 0 Å². The maximum Gasteiger partial charge on any atom is 0.313 e. The maximum atomic E-state index is 12.7. The van der Waals surface area contributed by atoms with Crippen LogP contribution in [0.25, 0.3) is 0 Å². The van der Waals surface area contributed by atoms with Crippen LogP contribution in [0.3, 0.4) is 0 Å². The molecule has 0 amide bonds. The van der Waals surface area contributed by atoms with Gasteiger partial charge in [-0.25, -0.2) is 0 Å². The van der Waals surface area contributed by atoms with E-state index in [1.165, 1.54) is 5.57 Å². The number of carboxylic acids is 1. The van der Waals surface area contributed by atoms with Gasteiger partial charge in [-0.1, -0.05) is 60.1 Å². The van der Waals surface area contributed by atoms with Crippen molar-refractivity contribution in [2.45, 2.75) is 118 Å². The van der Waals surface area contributed by atoms with Crippen LogP contribution in [0.4, 0.5) is 0 Å². The van der Waals surface area contributed by atoms with Gasteiger partial charge in [0.15, 0.2) is 5.79 Å². The van der Waals surface area contributed by atoms with Crippen molar-refractivity contribution >= 4 is 5.97 Å². The van der Waals surface area contributed by atoms with E-state index < -0.39 is 22.6 Å². The van der Waals surface area contributed by atoms with Gasteiger partial charge < -0.3 is 15.3 Å². The van der Waals surface area contributed by atoms with Gasteiger partial charge in [0, 0.05) is 11.8 Å². The molecule has 0 bridgehead atoms. The topological polar surface area (TPSA) is 77.8 Å². The zero-order valence-electron chi connectivity index (χ0n) is 22.6. The summed E-state index contributed by atoms with van der Waals surface area (Å²) in [6.07, 6.45) is 11.5. The second-order valence-corrected chi connectivity index (χ2v) is 15.1. The Hall–Kier alpha value is -0.870. The second kappa shape index (κ2) is 6.91. The fraction of sp³-hybridized carbons (Fsp3) is 0.900. The second-order valence-electron chi connectivity index (χ2n) is 15.1. The lowest BCUT2D eigenvalue weighted by atomic mass is 9.32. The monoisotopic (exact) mass is 472 g/mol. The van der Waals surface area contributed by atoms with Crippen LogP contribution >= 0.6 is 0 Å². The van der Waals surface area contributed by atoms with Crippen LogP contribution in [0, 0.1) is 50.2 Å². The summed E-state index contributed by atoms with van der Waals surface area (Å²) in [7, 11) is 0. The normalized spacial score (nSPS) is 50.6. The predicted octanol–water partition coefficient (Wildman–Crippen LogP) is 6.55. The first-order valence-corrected chi connectivity index (χ1v) is 13.9. The summed E-state index contributed by atoms with van der Waals surface area (Å²) in [5.41, 5.74) is 0.428. The summed E-state index contributed by atoms with van der Waals surface area (Å²) in [6.45, 7) is 16.2. The SMILES string of the molecule is CC1(C)C=C2[C@H]3CC[C@@H]4[C@@]5(C)CCC(O)(O)C(C)(C)C5CC[C@@]4(C)[C@]3(C)CC[C@@]2(C(=O)O)CC1. The molecular formula is C30H48O4. The highest BCUT2D eigenvalue weighted by Crippen LogP contribution is 2.76. The van der Waals surface area contributed by atoms with Gasteiger partial charge in [-0.3, -0.25) is 4.79 Å². The summed E-state index contributed by atoms with van der Waals surface area (Å²) in [5.74, 6) is -1.04. The van der Waals surface area contributed by atoms with Crippen molar-refractivity contribution in [1.82, 2.24) is 0 Å². The summed E-state index contributed by atoms with van der Waals surface area (Å²) in [6, 6.07) is 0. The van der Waals surface area contributed by atoms with E-state index in [1.54, 1.807) is 0 Å². The number of aliphatic carboxylic acids is 1. The molecule has 4 nitrogen and oxygen atoms in total. The van der Waals surface area contributed by atoms with Crippen LogP contribution in [0.1, 0.15) is 113 Å². The molecular weight excluding hydrogens is 424 g/mol. The van der Waals surface area contributed by atoms with E-state index in [4.69, 9.17) is 0 Å². The Bertz CT molecular complexity index is 930. The van der Waals surface area contributed by atoms with Crippen molar-refractivity contribution < 1.29 is 20.1 Å². The summed E-state index contributed by atoms with van der Waals surface area (Å²) in [5, 5.41) is 32.3. The molecule has 0 aliphatic heterocycles. The van der Waals surface area contributed by atoms with Gasteiger partial charge in [-0.15, -0.1) is 0 Å². The molecule has 192 valence electrons. The highest BCUT2D eigenvalue weighted by atomic mass is 16.5. The van der Waals surface area contributed by atoms with Crippen LogP contribution in [-0.4, -0.2) is 27.1 Å². The van der Waals surface area contributed by atoms with Crippen LogP contribution < -0.4 is 0 Å². The molecule has 0 radical (unpaired) electrons. The van der Waals surface area contributed by atoms with Crippen molar-refractivity contribution in [3.63, 3.8) is 0 Å². The number of carboxylic acid groups (broad SMARTS) is 1. The standard InChI is InChI=1S/C30H48O4/c1-24(2)12-15-29(23(31)32)16-14-27(6)19(20(29)18-24)8-9-22-26(5)13-17-30(33,34)25(3,4)21(26)10-11-28(22,27)7/h18-19,21-22,33-34H,8-17H2,1-7H3,(H,31,32)/t19-,21?,22-,26+,27-,28-,29+/m1/s1. The lowest BCUT2D eigenvalue weighted by molar-refractivity contribution is -0.317. The van der Waals surface area contributed by atoms with E-state index in [0.29, 0.717) is 18.3 Å². The molecule has 0 saturated heterocycles. The van der Waals surface area contributed by atoms with E-state index in [-0.39, 0.29) is 27.6 Å². The maximum absolute atomic E-state index is 12.7. The Morgan fingerprint density at radius 2 is 1.41 bits per heavy atom. The molecule has 5 aliphatic rings. The zero-order valence-corrected chi connectivity index (χ0v) is 22.6. The van der Waals surface area contributed by atoms with Crippen LogP contribution in [0.2, 0.25) is 0 Å². The van der Waals surface area contributed by atoms with Gasteiger partial charge in [-0.05, 0) is 97.2 Å². The quantitative estimate of drug-likeness (QED) is 0.298. The number of allylic oxidation sites excluding steroid dienone is 1. The Balaban J connectivity index is 1.58. The van der Waals surface area contributed by atoms with Crippen LogP contribution in [0.15, 0.2) is 11.6 Å². The first kappa shape index (κ1) is 24.8. The van der Waals surface area contributed by atoms with Crippen LogP contribution in [-0.2, 0) is 4.79 Å². The van der Waals surface area contributed by atoms with Gasteiger partial charge in [-0.2, -0.15) is 0 Å². The Morgan fingerprint density at radius 3 is 2.06 bits per heavy atom. The number of aliphatic hydroxyl groups is 2. The lowest BCUT2D eigenvalue weighted by Gasteiger charge is -2.72. The molecule has 0 spiro atoms. The summed E-state index contributed by atoms with van der Waals surface area (Å²) >= 11 is 0. The van der Waals surface area contributed by atoms with Gasteiger partial charge in [0.2, 0.25) is 0 Å². The third-order valence-electron chi connectivity index (χ3n) is 13.2. The van der Waals surface area contributed by atoms with Gasteiger partial charge >= 0.3 is 5.97 Å². The van der Waals surface area contributed by atoms with Crippen molar-refractivity contribution in [1.29, 1.82) is 0 Å². The lowest BCUT2D eigenvalue weighted by Crippen LogP contribution is -2.68. The molecule has 5 aliphatic carbocycles. The molecule has 34 heavy (non-hydrogen) atoms. The molecule has 7 atom stereocenters. The molecule has 0 aromatic rings. The molecule has 5 rings (SSSR count). The highest BCUT2D eigenvalue weighted by molar-refractivity contribution is 5.80. The molecule has 4 fully saturated rings. The number of carbonyl (C=O) groups is 1. The Labute approximate surface area is 206 Å². The number of rotatable bonds is 1. The molecule has 3 N–H and O–H groups in total. The molecule has 0 aromatic carbocycles. The number of hydrogen-bond acceptors (Lipinski definition) is 3. The third kappa shape index (κ3) is 2.82. The molecule has 4 saturated carbocycles. The van der Waals surface area contributed by atoms with Crippen molar-refractivity contribution in [3.05, 3.63) is 11.6 Å². The van der Waals surface area contributed by atoms with E-state index in [1.807, 2.05) is 0 Å². The largest absolute Gasteiger partial charge is 0.481 e. The minimum atomic E-state index is -1.60. The number of hydrogen-bond donors (Lipinski definition) is 3. The average Bonchev–Trinajstić information content (AvgIpc) is 2.71. The molecule has 0 aromatic heterocycles. The molecule has 1 unspecified atom stereocenters. The molecule has 0 heterocycles. The first-order chi connectivity index (χ1) is 15.5. The van der Waals surface area contributed by atoms with Gasteiger partial charge in [0.1, 0.15) is 0 Å². The van der Waals surface area contributed by atoms with Crippen molar-refractivity contribution in [3.8, 4) is 0 Å². The van der Waals surface area contributed by atoms with E-state index >= 15 is 0 Å². The zero-order chi connectivity index (χ0) is 25.2. The highest BCUT2D eigenvalue weighted by Gasteiger charge is 2.71. The Kier molecular flexibility index (Phi) is 5.04. The van der Waals surface area contributed by atoms with E-state index in [0.717, 1.165) is 57.8 Å².